The summed E-state index contributed by atoms with van der Waals surface area (Å²) >= 11 is 9.70. The van der Waals surface area contributed by atoms with Gasteiger partial charge in [-0.2, -0.15) is 0 Å². The third kappa shape index (κ3) is 3.28. The van der Waals surface area contributed by atoms with Crippen molar-refractivity contribution in [3.63, 3.8) is 0 Å². The van der Waals surface area contributed by atoms with Gasteiger partial charge in [0.2, 0.25) is 0 Å². The van der Waals surface area contributed by atoms with Crippen molar-refractivity contribution in [1.29, 1.82) is 0 Å². The van der Waals surface area contributed by atoms with Crippen LogP contribution in [0.3, 0.4) is 0 Å². The maximum absolute atomic E-state index is 13.7. The lowest BCUT2D eigenvalue weighted by Crippen LogP contribution is -2.19. The first-order valence-corrected chi connectivity index (χ1v) is 7.41. The Bertz CT molecular complexity index is 574. The quantitative estimate of drug-likeness (QED) is 0.706. The molecule has 1 nitrogen and oxygen atoms in total. The molecule has 0 bridgehead atoms. The smallest absolute Gasteiger partial charge is 0.128 e. The minimum atomic E-state index is -0.193. The number of alkyl halides is 1. The van der Waals surface area contributed by atoms with Gasteiger partial charge in [0.1, 0.15) is 5.82 Å². The molecule has 0 fully saturated rings. The van der Waals surface area contributed by atoms with E-state index in [1.165, 1.54) is 6.07 Å². The summed E-state index contributed by atoms with van der Waals surface area (Å²) in [5.41, 5.74) is 2.68. The topological polar surface area (TPSA) is 3.24 Å². The van der Waals surface area contributed by atoms with Crippen LogP contribution in [0.5, 0.6) is 0 Å². The number of halogens is 3. The number of rotatable bonds is 4. The highest BCUT2D eigenvalue weighted by Gasteiger charge is 2.12. The summed E-state index contributed by atoms with van der Waals surface area (Å²) in [6, 6.07) is 12.6. The van der Waals surface area contributed by atoms with Crippen LogP contribution in [-0.2, 0) is 11.9 Å². The molecule has 0 spiro atoms. The van der Waals surface area contributed by atoms with E-state index in [2.05, 4.69) is 15.9 Å². The maximum atomic E-state index is 13.7. The van der Waals surface area contributed by atoms with Crippen LogP contribution in [0.1, 0.15) is 11.1 Å². The highest BCUT2D eigenvalue weighted by molar-refractivity contribution is 9.08. The molecule has 0 saturated heterocycles. The van der Waals surface area contributed by atoms with Crippen molar-refractivity contribution in [2.75, 3.05) is 11.9 Å². The van der Waals surface area contributed by atoms with Crippen molar-refractivity contribution in [3.05, 3.63) is 64.4 Å². The van der Waals surface area contributed by atoms with Gasteiger partial charge in [0, 0.05) is 24.5 Å². The van der Waals surface area contributed by atoms with E-state index in [0.717, 1.165) is 11.3 Å². The molecule has 2 rings (SSSR count). The minimum absolute atomic E-state index is 0.193. The van der Waals surface area contributed by atoms with E-state index in [4.69, 9.17) is 11.6 Å². The first-order valence-electron chi connectivity index (χ1n) is 5.91. The Morgan fingerprint density at radius 3 is 2.47 bits per heavy atom. The summed E-state index contributed by atoms with van der Waals surface area (Å²) in [5.74, 6) is -0.193. The fourth-order valence-electron chi connectivity index (χ4n) is 2.06. The van der Waals surface area contributed by atoms with Crippen LogP contribution in [0.4, 0.5) is 10.1 Å². The van der Waals surface area contributed by atoms with Crippen molar-refractivity contribution in [2.45, 2.75) is 11.9 Å². The molecule has 0 unspecified atom stereocenters. The van der Waals surface area contributed by atoms with Crippen LogP contribution in [0.15, 0.2) is 42.5 Å². The van der Waals surface area contributed by atoms with Gasteiger partial charge in [-0.15, -0.1) is 0 Å². The van der Waals surface area contributed by atoms with Crippen molar-refractivity contribution >= 4 is 33.2 Å². The van der Waals surface area contributed by atoms with Crippen LogP contribution in [0, 0.1) is 5.82 Å². The maximum Gasteiger partial charge on any atom is 0.128 e. The lowest BCUT2D eigenvalue weighted by molar-refractivity contribution is 0.608. The average Bonchev–Trinajstić information content (AvgIpc) is 2.40. The summed E-state index contributed by atoms with van der Waals surface area (Å²) in [6.45, 7) is 0.483. The second-order valence-corrected chi connectivity index (χ2v) is 5.30. The van der Waals surface area contributed by atoms with Crippen LogP contribution in [0.2, 0.25) is 5.02 Å². The average molecular weight is 343 g/mol. The number of hydrogen-bond donors (Lipinski definition) is 0. The Morgan fingerprint density at radius 2 is 1.79 bits per heavy atom. The van der Waals surface area contributed by atoms with E-state index in [1.807, 2.05) is 36.2 Å². The van der Waals surface area contributed by atoms with Gasteiger partial charge in [0.15, 0.2) is 0 Å². The van der Waals surface area contributed by atoms with Crippen LogP contribution >= 0.6 is 27.5 Å². The zero-order chi connectivity index (χ0) is 13.8. The van der Waals surface area contributed by atoms with Crippen molar-refractivity contribution in [2.24, 2.45) is 0 Å². The van der Waals surface area contributed by atoms with Gasteiger partial charge in [-0.1, -0.05) is 57.9 Å². The van der Waals surface area contributed by atoms with Gasteiger partial charge in [0.05, 0.1) is 10.7 Å². The second kappa shape index (κ2) is 6.40. The molecule has 4 heteroatoms. The first-order chi connectivity index (χ1) is 9.13. The zero-order valence-electron chi connectivity index (χ0n) is 10.5. The Morgan fingerprint density at radius 1 is 1.11 bits per heavy atom. The van der Waals surface area contributed by atoms with Gasteiger partial charge >= 0.3 is 0 Å². The molecule has 0 N–H and O–H groups in total. The molecule has 100 valence electrons. The highest BCUT2D eigenvalue weighted by Crippen LogP contribution is 2.31. The number of anilines is 1. The third-order valence-electron chi connectivity index (χ3n) is 2.96. The molecule has 0 amide bonds. The predicted molar refractivity (Wildman–Crippen MR) is 82.6 cm³/mol. The standard InChI is InChI=1S/C15H14BrClFN/c1-19(10-12-5-2-3-8-14(12)18)15-11(9-16)6-4-7-13(15)17/h2-8H,9-10H2,1H3. The summed E-state index contributed by atoms with van der Waals surface area (Å²) < 4.78 is 13.7. The molecular weight excluding hydrogens is 329 g/mol. The fraction of sp³-hybridized carbons (Fsp3) is 0.200. The van der Waals surface area contributed by atoms with Gasteiger partial charge in [-0.05, 0) is 17.7 Å². The largest absolute Gasteiger partial charge is 0.369 e. The van der Waals surface area contributed by atoms with Crippen molar-refractivity contribution in [3.8, 4) is 0 Å². The zero-order valence-corrected chi connectivity index (χ0v) is 12.9. The minimum Gasteiger partial charge on any atom is -0.369 e. The number of para-hydroxylation sites is 1. The van der Waals surface area contributed by atoms with E-state index < -0.39 is 0 Å². The van der Waals surface area contributed by atoms with E-state index in [0.29, 0.717) is 22.5 Å². The van der Waals surface area contributed by atoms with Crippen molar-refractivity contribution in [1.82, 2.24) is 0 Å². The molecule has 2 aromatic rings. The Kier molecular flexibility index (Phi) is 4.83. The third-order valence-corrected chi connectivity index (χ3v) is 3.87. The SMILES string of the molecule is CN(Cc1ccccc1F)c1c(Cl)cccc1CBr. The molecular formula is C15H14BrClFN. The number of benzene rings is 2. The first kappa shape index (κ1) is 14.4. The lowest BCUT2D eigenvalue weighted by atomic mass is 10.1. The second-order valence-electron chi connectivity index (χ2n) is 4.33. The summed E-state index contributed by atoms with van der Waals surface area (Å²) in [7, 11) is 1.92. The number of nitrogens with zero attached hydrogens (tertiary/aromatic N) is 1. The molecule has 0 saturated carbocycles. The molecule has 0 aliphatic rings. The number of hydrogen-bond acceptors (Lipinski definition) is 1. The molecule has 19 heavy (non-hydrogen) atoms. The van der Waals surface area contributed by atoms with Crippen LogP contribution in [0.25, 0.3) is 0 Å². The van der Waals surface area contributed by atoms with Gasteiger partial charge in [-0.25, -0.2) is 4.39 Å². The summed E-state index contributed by atoms with van der Waals surface area (Å²) in [4.78, 5) is 1.97. The van der Waals surface area contributed by atoms with Gasteiger partial charge < -0.3 is 4.90 Å². The van der Waals surface area contributed by atoms with E-state index in [1.54, 1.807) is 12.1 Å². The van der Waals surface area contributed by atoms with E-state index >= 15 is 0 Å². The molecule has 0 heterocycles. The highest BCUT2D eigenvalue weighted by atomic mass is 79.9. The molecule has 2 aromatic carbocycles. The van der Waals surface area contributed by atoms with E-state index in [9.17, 15) is 4.39 Å². The normalized spacial score (nSPS) is 10.5. The van der Waals surface area contributed by atoms with Crippen molar-refractivity contribution < 1.29 is 4.39 Å². The molecule has 0 aliphatic heterocycles. The summed E-state index contributed by atoms with van der Waals surface area (Å²) in [6.07, 6.45) is 0. The van der Waals surface area contributed by atoms with E-state index in [-0.39, 0.29) is 5.82 Å². The Labute approximate surface area is 126 Å². The van der Waals surface area contributed by atoms with Gasteiger partial charge in [-0.3, -0.25) is 0 Å². The monoisotopic (exact) mass is 341 g/mol. The van der Waals surface area contributed by atoms with Gasteiger partial charge in [0.25, 0.3) is 0 Å². The molecule has 0 atom stereocenters. The Hall–Kier alpha value is -1.06. The molecule has 0 aromatic heterocycles. The predicted octanol–water partition coefficient (Wildman–Crippen LogP) is 5.01. The molecule has 0 aliphatic carbocycles. The summed E-state index contributed by atoms with van der Waals surface area (Å²) in [5, 5.41) is 1.39. The van der Waals surface area contributed by atoms with Crippen LogP contribution < -0.4 is 4.90 Å². The molecule has 0 radical (unpaired) electrons. The fourth-order valence-corrected chi connectivity index (χ4v) is 2.85. The van der Waals surface area contributed by atoms with Crippen LogP contribution in [-0.4, -0.2) is 7.05 Å². The lowest BCUT2D eigenvalue weighted by Gasteiger charge is -2.23. The Balaban J connectivity index is 2.30.